The standard InChI is InChI=1S/C21H20ClNO3/c1-13-5-4-6-19(15(13)3)23-21(24)20-10-8-17(26-20)12-25-16-7-9-18(22)14(2)11-16/h4-11H,12H2,1-3H3,(H,23,24). The summed E-state index contributed by atoms with van der Waals surface area (Å²) >= 11 is 6.00. The molecule has 0 aliphatic heterocycles. The van der Waals surface area contributed by atoms with Crippen molar-refractivity contribution in [1.82, 2.24) is 0 Å². The van der Waals surface area contributed by atoms with Crippen LogP contribution >= 0.6 is 11.6 Å². The van der Waals surface area contributed by atoms with Crippen LogP contribution in [0.1, 0.15) is 33.0 Å². The molecular formula is C21H20ClNO3. The fraction of sp³-hybridized carbons (Fsp3) is 0.190. The first-order valence-electron chi connectivity index (χ1n) is 8.29. The van der Waals surface area contributed by atoms with Crippen molar-refractivity contribution in [2.24, 2.45) is 0 Å². The third-order valence-corrected chi connectivity index (χ3v) is 4.67. The van der Waals surface area contributed by atoms with Gasteiger partial charge in [0.15, 0.2) is 5.76 Å². The van der Waals surface area contributed by atoms with E-state index in [1.807, 2.05) is 45.0 Å². The maximum absolute atomic E-state index is 12.4. The monoisotopic (exact) mass is 369 g/mol. The maximum atomic E-state index is 12.4. The van der Waals surface area contributed by atoms with Crippen molar-refractivity contribution < 1.29 is 13.9 Å². The van der Waals surface area contributed by atoms with E-state index in [0.29, 0.717) is 16.5 Å². The van der Waals surface area contributed by atoms with Crippen molar-refractivity contribution in [2.45, 2.75) is 27.4 Å². The highest BCUT2D eigenvalue weighted by molar-refractivity contribution is 6.31. The van der Waals surface area contributed by atoms with E-state index in [1.54, 1.807) is 24.3 Å². The van der Waals surface area contributed by atoms with Crippen LogP contribution < -0.4 is 10.1 Å². The lowest BCUT2D eigenvalue weighted by molar-refractivity contribution is 0.0992. The van der Waals surface area contributed by atoms with Gasteiger partial charge < -0.3 is 14.5 Å². The summed E-state index contributed by atoms with van der Waals surface area (Å²) in [5, 5.41) is 3.58. The number of carbonyl (C=O) groups is 1. The third kappa shape index (κ3) is 4.09. The summed E-state index contributed by atoms with van der Waals surface area (Å²) in [6.45, 7) is 6.13. The zero-order valence-electron chi connectivity index (χ0n) is 14.9. The summed E-state index contributed by atoms with van der Waals surface area (Å²) in [5.41, 5.74) is 3.88. The quantitative estimate of drug-likeness (QED) is 0.628. The second kappa shape index (κ2) is 7.67. The number of nitrogens with one attached hydrogen (secondary N) is 1. The molecule has 4 nitrogen and oxygen atoms in total. The molecule has 0 atom stereocenters. The lowest BCUT2D eigenvalue weighted by Gasteiger charge is -2.09. The minimum atomic E-state index is -0.285. The molecule has 1 N–H and O–H groups in total. The molecule has 0 spiro atoms. The zero-order valence-corrected chi connectivity index (χ0v) is 15.7. The molecule has 0 saturated carbocycles. The molecule has 1 aromatic heterocycles. The largest absolute Gasteiger partial charge is 0.486 e. The first-order chi connectivity index (χ1) is 12.4. The predicted molar refractivity (Wildman–Crippen MR) is 103 cm³/mol. The number of carbonyl (C=O) groups excluding carboxylic acids is 1. The number of hydrogen-bond donors (Lipinski definition) is 1. The molecule has 3 aromatic rings. The molecule has 1 amide bonds. The van der Waals surface area contributed by atoms with Gasteiger partial charge in [0.2, 0.25) is 0 Å². The maximum Gasteiger partial charge on any atom is 0.291 e. The van der Waals surface area contributed by atoms with Gasteiger partial charge in [-0.25, -0.2) is 0 Å². The molecule has 0 radical (unpaired) electrons. The Morgan fingerprint density at radius 1 is 1.08 bits per heavy atom. The summed E-state index contributed by atoms with van der Waals surface area (Å²) < 4.78 is 11.3. The average molecular weight is 370 g/mol. The minimum absolute atomic E-state index is 0.234. The van der Waals surface area contributed by atoms with E-state index in [0.717, 1.165) is 22.4 Å². The summed E-state index contributed by atoms with van der Waals surface area (Å²) in [7, 11) is 0. The van der Waals surface area contributed by atoms with Gasteiger partial charge in [0.1, 0.15) is 18.1 Å². The highest BCUT2D eigenvalue weighted by atomic mass is 35.5. The molecule has 0 unspecified atom stereocenters. The smallest absolute Gasteiger partial charge is 0.291 e. The summed E-state index contributed by atoms with van der Waals surface area (Å²) in [6.07, 6.45) is 0. The zero-order chi connectivity index (χ0) is 18.7. The SMILES string of the molecule is Cc1cc(OCc2ccc(C(=O)Nc3cccc(C)c3C)o2)ccc1Cl. The molecule has 0 aliphatic rings. The van der Waals surface area contributed by atoms with Crippen LogP contribution in [0.4, 0.5) is 5.69 Å². The van der Waals surface area contributed by atoms with Gasteiger partial charge in [0, 0.05) is 10.7 Å². The number of amides is 1. The van der Waals surface area contributed by atoms with Crippen LogP contribution in [0.3, 0.4) is 0 Å². The number of aryl methyl sites for hydroxylation is 2. The molecule has 134 valence electrons. The van der Waals surface area contributed by atoms with Gasteiger partial charge >= 0.3 is 0 Å². The normalized spacial score (nSPS) is 10.6. The number of anilines is 1. The summed E-state index contributed by atoms with van der Waals surface area (Å²) in [4.78, 5) is 12.4. The van der Waals surface area contributed by atoms with E-state index >= 15 is 0 Å². The predicted octanol–water partition coefficient (Wildman–Crippen LogP) is 5.69. The molecule has 0 bridgehead atoms. The van der Waals surface area contributed by atoms with Gasteiger partial charge in [0.25, 0.3) is 5.91 Å². The van der Waals surface area contributed by atoms with E-state index in [-0.39, 0.29) is 18.3 Å². The molecule has 0 fully saturated rings. The Balaban J connectivity index is 1.64. The average Bonchev–Trinajstić information content (AvgIpc) is 3.09. The van der Waals surface area contributed by atoms with Crippen molar-refractivity contribution in [3.8, 4) is 5.75 Å². The number of benzene rings is 2. The highest BCUT2D eigenvalue weighted by Crippen LogP contribution is 2.23. The van der Waals surface area contributed by atoms with Crippen LogP contribution in [-0.2, 0) is 6.61 Å². The lowest BCUT2D eigenvalue weighted by atomic mass is 10.1. The highest BCUT2D eigenvalue weighted by Gasteiger charge is 2.13. The Morgan fingerprint density at radius 3 is 2.65 bits per heavy atom. The second-order valence-corrected chi connectivity index (χ2v) is 6.57. The van der Waals surface area contributed by atoms with Crippen LogP contribution in [-0.4, -0.2) is 5.91 Å². The summed E-state index contributed by atoms with van der Waals surface area (Å²) in [5.74, 6) is 1.23. The van der Waals surface area contributed by atoms with Gasteiger partial charge in [-0.15, -0.1) is 0 Å². The minimum Gasteiger partial charge on any atom is -0.486 e. The Bertz CT molecular complexity index is 946. The van der Waals surface area contributed by atoms with Crippen molar-refractivity contribution in [3.63, 3.8) is 0 Å². The van der Waals surface area contributed by atoms with E-state index in [1.165, 1.54) is 0 Å². The van der Waals surface area contributed by atoms with Crippen molar-refractivity contribution in [2.75, 3.05) is 5.32 Å². The van der Waals surface area contributed by atoms with Crippen LogP contribution in [0, 0.1) is 20.8 Å². The molecule has 0 aliphatic carbocycles. The molecular weight excluding hydrogens is 350 g/mol. The Morgan fingerprint density at radius 2 is 1.88 bits per heavy atom. The molecule has 0 saturated heterocycles. The second-order valence-electron chi connectivity index (χ2n) is 6.17. The van der Waals surface area contributed by atoms with Gasteiger partial charge in [-0.3, -0.25) is 4.79 Å². The van der Waals surface area contributed by atoms with Gasteiger partial charge in [0.05, 0.1) is 0 Å². The first-order valence-corrected chi connectivity index (χ1v) is 8.67. The van der Waals surface area contributed by atoms with E-state index in [2.05, 4.69) is 5.32 Å². The number of halogens is 1. The third-order valence-electron chi connectivity index (χ3n) is 4.25. The summed E-state index contributed by atoms with van der Waals surface area (Å²) in [6, 6.07) is 14.6. The van der Waals surface area contributed by atoms with E-state index < -0.39 is 0 Å². The first kappa shape index (κ1) is 18.1. The van der Waals surface area contributed by atoms with Crippen molar-refractivity contribution in [3.05, 3.63) is 81.8 Å². The van der Waals surface area contributed by atoms with Crippen molar-refractivity contribution in [1.29, 1.82) is 0 Å². The number of hydrogen-bond acceptors (Lipinski definition) is 3. The van der Waals surface area contributed by atoms with Gasteiger partial charge in [-0.2, -0.15) is 0 Å². The number of furan rings is 1. The fourth-order valence-corrected chi connectivity index (χ4v) is 2.63. The Kier molecular flexibility index (Phi) is 5.33. The number of ether oxygens (including phenoxy) is 1. The molecule has 5 heteroatoms. The van der Waals surface area contributed by atoms with Crippen LogP contribution in [0.15, 0.2) is 52.9 Å². The topological polar surface area (TPSA) is 51.5 Å². The van der Waals surface area contributed by atoms with Crippen molar-refractivity contribution >= 4 is 23.2 Å². The van der Waals surface area contributed by atoms with E-state index in [9.17, 15) is 4.79 Å². The van der Waals surface area contributed by atoms with Crippen LogP contribution in [0.5, 0.6) is 5.75 Å². The van der Waals surface area contributed by atoms with Gasteiger partial charge in [-0.05, 0) is 73.9 Å². The molecule has 2 aromatic carbocycles. The number of rotatable bonds is 5. The lowest BCUT2D eigenvalue weighted by Crippen LogP contribution is -2.12. The van der Waals surface area contributed by atoms with Gasteiger partial charge in [-0.1, -0.05) is 23.7 Å². The fourth-order valence-electron chi connectivity index (χ4n) is 2.51. The Labute approximate surface area is 157 Å². The molecule has 1 heterocycles. The molecule has 26 heavy (non-hydrogen) atoms. The Hall–Kier alpha value is -2.72. The van der Waals surface area contributed by atoms with Crippen LogP contribution in [0.2, 0.25) is 5.02 Å². The van der Waals surface area contributed by atoms with Crippen LogP contribution in [0.25, 0.3) is 0 Å². The van der Waals surface area contributed by atoms with E-state index in [4.69, 9.17) is 20.8 Å². The molecule has 3 rings (SSSR count).